The molecule has 0 aliphatic carbocycles. The standard InChI is InChI=1S/C5H12N2O2.C2H4O2/c6-3-1-2-4(7)5(8)9;1-2(3)4/h4H,1-3,6-7H2,(H,8,9);1H3,(H,3,4)/t4-;/m0./s1. The Balaban J connectivity index is 0. The normalized spacial score (nSPS) is 11.0. The Morgan fingerprint density at radius 3 is 2.00 bits per heavy atom. The van der Waals surface area contributed by atoms with Crippen LogP contribution in [0.25, 0.3) is 0 Å². The number of carboxylic acids is 2. The fourth-order valence-electron chi connectivity index (χ4n) is 0.461. The first-order chi connectivity index (χ1) is 5.91. The summed E-state index contributed by atoms with van der Waals surface area (Å²) in [4.78, 5) is 19.0. The molecule has 0 aromatic rings. The third-order valence-corrected chi connectivity index (χ3v) is 1.04. The van der Waals surface area contributed by atoms with Gasteiger partial charge < -0.3 is 21.7 Å². The van der Waals surface area contributed by atoms with Gasteiger partial charge in [0, 0.05) is 6.92 Å². The second kappa shape index (κ2) is 8.95. The number of carbonyl (C=O) groups is 2. The van der Waals surface area contributed by atoms with Crippen molar-refractivity contribution in [3.8, 4) is 0 Å². The second-order valence-corrected chi connectivity index (χ2v) is 2.39. The molecule has 0 aromatic heterocycles. The van der Waals surface area contributed by atoms with Crippen LogP contribution in [0.5, 0.6) is 0 Å². The van der Waals surface area contributed by atoms with Crippen molar-refractivity contribution in [3.63, 3.8) is 0 Å². The predicted octanol–water partition coefficient (Wildman–Crippen LogP) is -0.772. The largest absolute Gasteiger partial charge is 0.481 e. The molecule has 6 N–H and O–H groups in total. The van der Waals surface area contributed by atoms with Crippen molar-refractivity contribution < 1.29 is 19.8 Å². The molecule has 6 nitrogen and oxygen atoms in total. The molecule has 0 radical (unpaired) electrons. The average molecular weight is 192 g/mol. The fraction of sp³-hybridized carbons (Fsp3) is 0.714. The van der Waals surface area contributed by atoms with Crippen molar-refractivity contribution in [3.05, 3.63) is 0 Å². The highest BCUT2D eigenvalue weighted by Crippen LogP contribution is 1.91. The fourth-order valence-corrected chi connectivity index (χ4v) is 0.461. The SMILES string of the molecule is CC(=O)O.NCCC[C@H](N)C(=O)O. The van der Waals surface area contributed by atoms with Crippen LogP contribution >= 0.6 is 0 Å². The third kappa shape index (κ3) is 18.1. The van der Waals surface area contributed by atoms with Gasteiger partial charge in [0.15, 0.2) is 0 Å². The molecular weight excluding hydrogens is 176 g/mol. The summed E-state index contributed by atoms with van der Waals surface area (Å²) >= 11 is 0. The van der Waals surface area contributed by atoms with Gasteiger partial charge in [0.25, 0.3) is 5.97 Å². The smallest absolute Gasteiger partial charge is 0.320 e. The molecule has 0 bridgehead atoms. The molecular formula is C7H16N2O4. The first kappa shape index (κ1) is 14.4. The lowest BCUT2D eigenvalue weighted by atomic mass is 10.2. The molecule has 0 saturated heterocycles. The Bertz CT molecular complexity index is 157. The zero-order valence-electron chi connectivity index (χ0n) is 7.56. The summed E-state index contributed by atoms with van der Waals surface area (Å²) in [5.41, 5.74) is 10.3. The maximum absolute atomic E-state index is 10.0. The van der Waals surface area contributed by atoms with Crippen molar-refractivity contribution in [1.29, 1.82) is 0 Å². The van der Waals surface area contributed by atoms with Gasteiger partial charge in [0.1, 0.15) is 6.04 Å². The Kier molecular flexibility index (Phi) is 9.91. The molecule has 13 heavy (non-hydrogen) atoms. The van der Waals surface area contributed by atoms with Gasteiger partial charge in [0.2, 0.25) is 0 Å². The van der Waals surface area contributed by atoms with E-state index >= 15 is 0 Å². The highest BCUT2D eigenvalue weighted by atomic mass is 16.4. The lowest BCUT2D eigenvalue weighted by Gasteiger charge is -2.02. The molecule has 0 heterocycles. The summed E-state index contributed by atoms with van der Waals surface area (Å²) < 4.78 is 0. The molecule has 0 spiro atoms. The van der Waals surface area contributed by atoms with Crippen molar-refractivity contribution >= 4 is 11.9 Å². The first-order valence-corrected chi connectivity index (χ1v) is 3.79. The highest BCUT2D eigenvalue weighted by molar-refractivity contribution is 5.72. The zero-order chi connectivity index (χ0) is 10.9. The zero-order valence-corrected chi connectivity index (χ0v) is 7.56. The minimum absolute atomic E-state index is 0.464. The number of rotatable bonds is 4. The van der Waals surface area contributed by atoms with Crippen LogP contribution in [-0.2, 0) is 9.59 Å². The van der Waals surface area contributed by atoms with E-state index in [9.17, 15) is 4.79 Å². The molecule has 0 fully saturated rings. The third-order valence-electron chi connectivity index (χ3n) is 1.04. The van der Waals surface area contributed by atoms with Crippen molar-refractivity contribution in [2.24, 2.45) is 11.5 Å². The lowest BCUT2D eigenvalue weighted by Crippen LogP contribution is -2.30. The van der Waals surface area contributed by atoms with Gasteiger partial charge in [-0.3, -0.25) is 9.59 Å². The van der Waals surface area contributed by atoms with Crippen molar-refractivity contribution in [2.45, 2.75) is 25.8 Å². The van der Waals surface area contributed by atoms with E-state index in [1.807, 2.05) is 0 Å². The number of aliphatic carboxylic acids is 2. The van der Waals surface area contributed by atoms with Crippen LogP contribution in [0.4, 0.5) is 0 Å². The van der Waals surface area contributed by atoms with Crippen LogP contribution in [0.2, 0.25) is 0 Å². The Hall–Kier alpha value is -1.14. The van der Waals surface area contributed by atoms with Gasteiger partial charge in [-0.2, -0.15) is 0 Å². The minimum Gasteiger partial charge on any atom is -0.481 e. The maximum Gasteiger partial charge on any atom is 0.320 e. The van der Waals surface area contributed by atoms with Gasteiger partial charge in [-0.15, -0.1) is 0 Å². The summed E-state index contributed by atoms with van der Waals surface area (Å²) in [6.07, 6.45) is 1.14. The number of carboxylic acid groups (broad SMARTS) is 2. The van der Waals surface area contributed by atoms with Crippen molar-refractivity contribution in [1.82, 2.24) is 0 Å². The molecule has 1 atom stereocenters. The van der Waals surface area contributed by atoms with E-state index in [1.54, 1.807) is 0 Å². The summed E-state index contributed by atoms with van der Waals surface area (Å²) in [6, 6.07) is -0.742. The molecule has 0 rings (SSSR count). The van der Waals surface area contributed by atoms with E-state index in [-0.39, 0.29) is 0 Å². The quantitative estimate of drug-likeness (QED) is 0.463. The highest BCUT2D eigenvalue weighted by Gasteiger charge is 2.08. The monoisotopic (exact) mass is 192 g/mol. The van der Waals surface area contributed by atoms with Crippen LogP contribution in [0.15, 0.2) is 0 Å². The van der Waals surface area contributed by atoms with Crippen LogP contribution in [0.3, 0.4) is 0 Å². The van der Waals surface area contributed by atoms with Gasteiger partial charge in [-0.05, 0) is 19.4 Å². The molecule has 0 aliphatic rings. The molecule has 0 unspecified atom stereocenters. The van der Waals surface area contributed by atoms with Crippen LogP contribution in [-0.4, -0.2) is 34.7 Å². The summed E-state index contributed by atoms with van der Waals surface area (Å²) in [6.45, 7) is 1.58. The summed E-state index contributed by atoms with van der Waals surface area (Å²) in [5.74, 6) is -1.79. The summed E-state index contributed by atoms with van der Waals surface area (Å²) in [7, 11) is 0. The average Bonchev–Trinajstić information content (AvgIpc) is 1.98. The van der Waals surface area contributed by atoms with Crippen molar-refractivity contribution in [2.75, 3.05) is 6.54 Å². The molecule has 6 heteroatoms. The lowest BCUT2D eigenvalue weighted by molar-refractivity contribution is -0.138. The Morgan fingerprint density at radius 1 is 1.38 bits per heavy atom. The van der Waals surface area contributed by atoms with E-state index in [4.69, 9.17) is 26.5 Å². The summed E-state index contributed by atoms with van der Waals surface area (Å²) in [5, 5.41) is 15.7. The number of nitrogens with two attached hydrogens (primary N) is 2. The van der Waals surface area contributed by atoms with E-state index < -0.39 is 18.0 Å². The van der Waals surface area contributed by atoms with E-state index in [0.29, 0.717) is 19.4 Å². The predicted molar refractivity (Wildman–Crippen MR) is 47.2 cm³/mol. The van der Waals surface area contributed by atoms with Crippen LogP contribution in [0, 0.1) is 0 Å². The molecule has 0 aliphatic heterocycles. The number of hydrogen-bond acceptors (Lipinski definition) is 4. The van der Waals surface area contributed by atoms with Gasteiger partial charge in [0.05, 0.1) is 0 Å². The molecule has 0 aromatic carbocycles. The topological polar surface area (TPSA) is 127 Å². The van der Waals surface area contributed by atoms with Gasteiger partial charge in [-0.25, -0.2) is 0 Å². The van der Waals surface area contributed by atoms with E-state index in [0.717, 1.165) is 6.92 Å². The Morgan fingerprint density at radius 2 is 1.77 bits per heavy atom. The van der Waals surface area contributed by atoms with Gasteiger partial charge >= 0.3 is 5.97 Å². The maximum atomic E-state index is 10.0. The Labute approximate surface area is 76.5 Å². The minimum atomic E-state index is -0.955. The van der Waals surface area contributed by atoms with E-state index in [1.165, 1.54) is 0 Å². The van der Waals surface area contributed by atoms with E-state index in [2.05, 4.69) is 0 Å². The number of hydrogen-bond donors (Lipinski definition) is 4. The van der Waals surface area contributed by atoms with Crippen LogP contribution in [0.1, 0.15) is 19.8 Å². The van der Waals surface area contributed by atoms with Gasteiger partial charge in [-0.1, -0.05) is 0 Å². The van der Waals surface area contributed by atoms with Crippen LogP contribution < -0.4 is 11.5 Å². The first-order valence-electron chi connectivity index (χ1n) is 3.79. The molecule has 78 valence electrons. The molecule has 0 saturated carbocycles. The molecule has 0 amide bonds. The second-order valence-electron chi connectivity index (χ2n) is 2.39.